The molecule has 0 saturated carbocycles. The Labute approximate surface area is 114 Å². The lowest BCUT2D eigenvalue weighted by Crippen LogP contribution is -2.43. The number of hydrogen-bond acceptors (Lipinski definition) is 4. The van der Waals surface area contributed by atoms with Gasteiger partial charge in [0.1, 0.15) is 11.9 Å². The fraction of sp³-hybridized carbons (Fsp3) is 0.533. The van der Waals surface area contributed by atoms with Crippen molar-refractivity contribution in [2.75, 3.05) is 18.0 Å². The molecule has 2 N–H and O–H groups in total. The van der Waals surface area contributed by atoms with E-state index in [4.69, 9.17) is 10.5 Å². The molecule has 1 heterocycles. The zero-order valence-corrected chi connectivity index (χ0v) is 11.8. The lowest BCUT2D eigenvalue weighted by atomic mass is 10.1. The first-order chi connectivity index (χ1) is 9.06. The zero-order chi connectivity index (χ0) is 14.0. The van der Waals surface area contributed by atoms with Crippen LogP contribution in [-0.4, -0.2) is 31.0 Å². The molecule has 0 fully saturated rings. The van der Waals surface area contributed by atoms with E-state index in [1.807, 2.05) is 12.1 Å². The first-order valence-electron chi connectivity index (χ1n) is 6.87. The fourth-order valence-corrected chi connectivity index (χ4v) is 2.37. The molecule has 0 radical (unpaired) electrons. The Morgan fingerprint density at radius 1 is 1.53 bits per heavy atom. The summed E-state index contributed by atoms with van der Waals surface area (Å²) in [6.07, 6.45) is 1.19. The van der Waals surface area contributed by atoms with E-state index in [0.717, 1.165) is 24.4 Å². The van der Waals surface area contributed by atoms with Gasteiger partial charge in [-0.2, -0.15) is 0 Å². The summed E-state index contributed by atoms with van der Waals surface area (Å²) in [5.41, 5.74) is 7.08. The van der Waals surface area contributed by atoms with Gasteiger partial charge in [0, 0.05) is 11.6 Å². The Morgan fingerprint density at radius 2 is 2.26 bits per heavy atom. The number of hydrogen-bond donors (Lipinski definition) is 1. The first kappa shape index (κ1) is 13.9. The highest BCUT2D eigenvalue weighted by Gasteiger charge is 2.27. The van der Waals surface area contributed by atoms with Crippen LogP contribution in [0.15, 0.2) is 18.2 Å². The second-order valence-corrected chi connectivity index (χ2v) is 5.20. The van der Waals surface area contributed by atoms with Crippen LogP contribution in [0.3, 0.4) is 0 Å². The Bertz CT molecular complexity index is 471. The number of ether oxygens (including phenoxy) is 1. The number of nitrogens with zero attached hydrogens (tertiary/aromatic N) is 1. The van der Waals surface area contributed by atoms with Gasteiger partial charge in [-0.15, -0.1) is 0 Å². The van der Waals surface area contributed by atoms with Gasteiger partial charge in [-0.3, -0.25) is 4.79 Å². The second kappa shape index (κ2) is 5.61. The molecule has 0 spiro atoms. The van der Waals surface area contributed by atoms with Gasteiger partial charge in [0.05, 0.1) is 18.8 Å². The van der Waals surface area contributed by atoms with Gasteiger partial charge >= 0.3 is 0 Å². The van der Waals surface area contributed by atoms with E-state index in [1.54, 1.807) is 6.07 Å². The van der Waals surface area contributed by atoms with Gasteiger partial charge in [-0.1, -0.05) is 6.92 Å². The number of fused-ring (bicyclic) bond motifs is 1. The van der Waals surface area contributed by atoms with Crippen LogP contribution in [0.4, 0.5) is 5.69 Å². The van der Waals surface area contributed by atoms with E-state index in [0.29, 0.717) is 11.6 Å². The lowest BCUT2D eigenvalue weighted by molar-refractivity contribution is 0.100. The minimum atomic E-state index is -0.0379. The SMILES string of the molecule is CCC1CN(C(C)C)c2cc(C(=O)CN)ccc2O1. The molecule has 0 aliphatic carbocycles. The number of carbonyl (C=O) groups excluding carboxylic acids is 1. The summed E-state index contributed by atoms with van der Waals surface area (Å²) >= 11 is 0. The van der Waals surface area contributed by atoms with Crippen molar-refractivity contribution >= 4 is 11.5 Å². The molecule has 1 aliphatic rings. The molecule has 2 rings (SSSR count). The molecule has 0 amide bonds. The fourth-order valence-electron chi connectivity index (χ4n) is 2.37. The van der Waals surface area contributed by atoms with Gasteiger partial charge in [-0.25, -0.2) is 0 Å². The van der Waals surface area contributed by atoms with Crippen LogP contribution in [0.1, 0.15) is 37.6 Å². The lowest BCUT2D eigenvalue weighted by Gasteiger charge is -2.38. The predicted octanol–water partition coefficient (Wildman–Crippen LogP) is 2.21. The highest BCUT2D eigenvalue weighted by atomic mass is 16.5. The molecule has 0 bridgehead atoms. The number of carbonyl (C=O) groups is 1. The van der Waals surface area contributed by atoms with Gasteiger partial charge in [0.2, 0.25) is 0 Å². The molecule has 4 heteroatoms. The summed E-state index contributed by atoms with van der Waals surface area (Å²) in [6, 6.07) is 5.95. The third-order valence-electron chi connectivity index (χ3n) is 3.55. The second-order valence-electron chi connectivity index (χ2n) is 5.20. The van der Waals surface area contributed by atoms with Crippen LogP contribution in [0, 0.1) is 0 Å². The third kappa shape index (κ3) is 2.73. The summed E-state index contributed by atoms with van der Waals surface area (Å²) in [5.74, 6) is 0.824. The van der Waals surface area contributed by atoms with E-state index in [-0.39, 0.29) is 18.4 Å². The van der Waals surface area contributed by atoms with Crippen LogP contribution in [-0.2, 0) is 0 Å². The van der Waals surface area contributed by atoms with Crippen molar-refractivity contribution in [3.8, 4) is 5.75 Å². The normalized spacial score (nSPS) is 18.2. The van der Waals surface area contributed by atoms with Crippen molar-refractivity contribution in [3.63, 3.8) is 0 Å². The third-order valence-corrected chi connectivity index (χ3v) is 3.55. The van der Waals surface area contributed by atoms with Crippen molar-refractivity contribution in [1.29, 1.82) is 0 Å². The molecule has 4 nitrogen and oxygen atoms in total. The summed E-state index contributed by atoms with van der Waals surface area (Å²) in [7, 11) is 0. The predicted molar refractivity (Wildman–Crippen MR) is 77.0 cm³/mol. The summed E-state index contributed by atoms with van der Waals surface area (Å²) < 4.78 is 5.95. The molecule has 1 aromatic rings. The number of anilines is 1. The van der Waals surface area contributed by atoms with Crippen LogP contribution in [0.2, 0.25) is 0 Å². The molecular formula is C15H22N2O2. The summed E-state index contributed by atoms with van der Waals surface area (Å²) in [4.78, 5) is 14.0. The Kier molecular flexibility index (Phi) is 4.10. The zero-order valence-electron chi connectivity index (χ0n) is 11.8. The van der Waals surface area contributed by atoms with E-state index in [2.05, 4.69) is 25.7 Å². The van der Waals surface area contributed by atoms with E-state index in [1.165, 1.54) is 0 Å². The molecule has 0 saturated heterocycles. The van der Waals surface area contributed by atoms with E-state index in [9.17, 15) is 4.79 Å². The van der Waals surface area contributed by atoms with Crippen LogP contribution < -0.4 is 15.4 Å². The van der Waals surface area contributed by atoms with Crippen LogP contribution in [0.5, 0.6) is 5.75 Å². The Hall–Kier alpha value is -1.55. The van der Waals surface area contributed by atoms with Crippen molar-refractivity contribution in [2.24, 2.45) is 5.73 Å². The summed E-state index contributed by atoms with van der Waals surface area (Å²) in [6.45, 7) is 7.33. The van der Waals surface area contributed by atoms with E-state index < -0.39 is 0 Å². The monoisotopic (exact) mass is 262 g/mol. The average molecular weight is 262 g/mol. The maximum atomic E-state index is 11.7. The molecule has 1 aromatic carbocycles. The molecule has 0 aromatic heterocycles. The maximum Gasteiger partial charge on any atom is 0.176 e. The minimum Gasteiger partial charge on any atom is -0.486 e. The van der Waals surface area contributed by atoms with Gasteiger partial charge in [-0.05, 0) is 38.5 Å². The topological polar surface area (TPSA) is 55.6 Å². The number of benzene rings is 1. The molecule has 1 unspecified atom stereocenters. The summed E-state index contributed by atoms with van der Waals surface area (Å²) in [5, 5.41) is 0. The first-order valence-corrected chi connectivity index (χ1v) is 6.87. The number of rotatable bonds is 4. The van der Waals surface area contributed by atoms with Crippen LogP contribution in [0.25, 0.3) is 0 Å². The number of ketones is 1. The van der Waals surface area contributed by atoms with Gasteiger partial charge in [0.15, 0.2) is 5.78 Å². The number of nitrogens with two attached hydrogens (primary N) is 1. The molecule has 1 aliphatic heterocycles. The highest BCUT2D eigenvalue weighted by Crippen LogP contribution is 2.36. The number of Topliss-reactive ketones (excluding diaryl/α,β-unsaturated/α-hetero) is 1. The Balaban J connectivity index is 2.40. The van der Waals surface area contributed by atoms with Gasteiger partial charge < -0.3 is 15.4 Å². The molecule has 104 valence electrons. The van der Waals surface area contributed by atoms with Crippen LogP contribution >= 0.6 is 0 Å². The quantitative estimate of drug-likeness (QED) is 0.845. The standard InChI is InChI=1S/C15H22N2O2/c1-4-12-9-17(10(2)3)13-7-11(14(18)8-16)5-6-15(13)19-12/h5-7,10,12H,4,8-9,16H2,1-3H3. The molecule has 1 atom stereocenters. The molecular weight excluding hydrogens is 240 g/mol. The van der Waals surface area contributed by atoms with Gasteiger partial charge in [0.25, 0.3) is 0 Å². The smallest absolute Gasteiger partial charge is 0.176 e. The van der Waals surface area contributed by atoms with Crippen molar-refractivity contribution in [1.82, 2.24) is 0 Å². The minimum absolute atomic E-state index is 0.0379. The highest BCUT2D eigenvalue weighted by molar-refractivity contribution is 5.98. The maximum absolute atomic E-state index is 11.7. The van der Waals surface area contributed by atoms with Crippen molar-refractivity contribution in [2.45, 2.75) is 39.3 Å². The largest absolute Gasteiger partial charge is 0.486 e. The Morgan fingerprint density at radius 3 is 2.84 bits per heavy atom. The van der Waals surface area contributed by atoms with Crippen molar-refractivity contribution < 1.29 is 9.53 Å². The average Bonchev–Trinajstić information content (AvgIpc) is 2.44. The van der Waals surface area contributed by atoms with Crippen molar-refractivity contribution in [3.05, 3.63) is 23.8 Å². The molecule has 19 heavy (non-hydrogen) atoms. The van der Waals surface area contributed by atoms with E-state index >= 15 is 0 Å².